The fraction of sp³-hybridized carbons (Fsp3) is 0.231. The molecule has 2 nitrogen and oxygen atoms in total. The maximum atomic E-state index is 10.5. The van der Waals surface area contributed by atoms with Crippen LogP contribution >= 0.6 is 27.3 Å². The van der Waals surface area contributed by atoms with Crippen LogP contribution in [-0.2, 0) is 6.54 Å². The van der Waals surface area contributed by atoms with Crippen LogP contribution < -0.4 is 5.32 Å². The maximum Gasteiger partial charge on any atom is 0.109 e. The average molecular weight is 310 g/mol. The molecule has 0 bridgehead atoms. The molecule has 1 aromatic carbocycles. The largest absolute Gasteiger partial charge is 0.386 e. The summed E-state index contributed by atoms with van der Waals surface area (Å²) in [5.41, 5.74) is 2.49. The number of rotatable bonds is 2. The van der Waals surface area contributed by atoms with Crippen molar-refractivity contribution in [3.05, 3.63) is 56.2 Å². The number of benzene rings is 1. The smallest absolute Gasteiger partial charge is 0.109 e. The van der Waals surface area contributed by atoms with Crippen LogP contribution in [0.4, 0.5) is 0 Å². The van der Waals surface area contributed by atoms with E-state index in [1.807, 2.05) is 23.6 Å². The van der Waals surface area contributed by atoms with Crippen molar-refractivity contribution in [1.29, 1.82) is 0 Å². The molecule has 0 radical (unpaired) electrons. The van der Waals surface area contributed by atoms with Crippen molar-refractivity contribution in [3.8, 4) is 0 Å². The van der Waals surface area contributed by atoms with E-state index >= 15 is 0 Å². The van der Waals surface area contributed by atoms with Gasteiger partial charge in [-0.05, 0) is 38.5 Å². The standard InChI is InChI=1S/C13H12BrNOS/c14-10-5-6-17-13(10)12(16)11-9-4-2-1-3-8(9)7-15-11/h1-6,11-12,15-16H,7H2. The van der Waals surface area contributed by atoms with Crippen molar-refractivity contribution in [3.63, 3.8) is 0 Å². The molecular formula is C13H12BrNOS. The summed E-state index contributed by atoms with van der Waals surface area (Å²) in [5.74, 6) is 0. The number of hydrogen-bond acceptors (Lipinski definition) is 3. The number of nitrogens with one attached hydrogen (secondary N) is 1. The molecular weight excluding hydrogens is 298 g/mol. The third-order valence-electron chi connectivity index (χ3n) is 3.13. The number of aliphatic hydroxyl groups excluding tert-OH is 1. The minimum atomic E-state index is -0.493. The van der Waals surface area contributed by atoms with Gasteiger partial charge < -0.3 is 10.4 Å². The van der Waals surface area contributed by atoms with E-state index < -0.39 is 6.10 Å². The molecule has 0 fully saturated rings. The van der Waals surface area contributed by atoms with Crippen molar-refractivity contribution < 1.29 is 5.11 Å². The highest BCUT2D eigenvalue weighted by Gasteiger charge is 2.30. The summed E-state index contributed by atoms with van der Waals surface area (Å²) in [7, 11) is 0. The third-order valence-corrected chi connectivity index (χ3v) is 5.07. The van der Waals surface area contributed by atoms with Crippen LogP contribution in [0, 0.1) is 0 Å². The third kappa shape index (κ3) is 1.95. The first-order valence-electron chi connectivity index (χ1n) is 5.49. The molecule has 1 aromatic heterocycles. The van der Waals surface area contributed by atoms with Crippen LogP contribution in [0.1, 0.15) is 28.1 Å². The van der Waals surface area contributed by atoms with E-state index in [0.717, 1.165) is 15.9 Å². The van der Waals surface area contributed by atoms with E-state index in [4.69, 9.17) is 0 Å². The molecule has 0 amide bonds. The first-order chi connectivity index (χ1) is 8.27. The molecule has 17 heavy (non-hydrogen) atoms. The van der Waals surface area contributed by atoms with Crippen molar-refractivity contribution in [2.45, 2.75) is 18.7 Å². The Morgan fingerprint density at radius 3 is 2.94 bits per heavy atom. The number of hydrogen-bond donors (Lipinski definition) is 2. The number of halogens is 1. The summed E-state index contributed by atoms with van der Waals surface area (Å²) in [5, 5.41) is 15.8. The van der Waals surface area contributed by atoms with Gasteiger partial charge in [-0.25, -0.2) is 0 Å². The molecule has 0 aliphatic carbocycles. The molecule has 1 aliphatic heterocycles. The molecule has 0 saturated carbocycles. The van der Waals surface area contributed by atoms with E-state index in [0.29, 0.717) is 0 Å². The topological polar surface area (TPSA) is 32.3 Å². The van der Waals surface area contributed by atoms with Crippen molar-refractivity contribution >= 4 is 27.3 Å². The van der Waals surface area contributed by atoms with Crippen molar-refractivity contribution in [2.75, 3.05) is 0 Å². The Morgan fingerprint density at radius 2 is 2.18 bits per heavy atom. The Labute approximate surface area is 112 Å². The van der Waals surface area contributed by atoms with Crippen molar-refractivity contribution in [1.82, 2.24) is 5.32 Å². The van der Waals surface area contributed by atoms with E-state index in [1.165, 1.54) is 11.1 Å². The Bertz CT molecular complexity index is 540. The van der Waals surface area contributed by atoms with Gasteiger partial charge >= 0.3 is 0 Å². The first kappa shape index (κ1) is 11.4. The molecule has 3 rings (SSSR count). The number of thiophene rings is 1. The van der Waals surface area contributed by atoms with Crippen LogP contribution in [0.3, 0.4) is 0 Å². The van der Waals surface area contributed by atoms with E-state index in [2.05, 4.69) is 33.4 Å². The zero-order valence-corrected chi connectivity index (χ0v) is 11.5. The van der Waals surface area contributed by atoms with Gasteiger partial charge in [0.2, 0.25) is 0 Å². The second kappa shape index (κ2) is 4.53. The molecule has 88 valence electrons. The van der Waals surface area contributed by atoms with Crippen LogP contribution in [0.15, 0.2) is 40.2 Å². The van der Waals surface area contributed by atoms with Crippen LogP contribution in [-0.4, -0.2) is 5.11 Å². The molecule has 2 atom stereocenters. The quantitative estimate of drug-likeness (QED) is 0.891. The van der Waals surface area contributed by atoms with Gasteiger partial charge in [0.25, 0.3) is 0 Å². The van der Waals surface area contributed by atoms with Gasteiger partial charge in [-0.2, -0.15) is 0 Å². The van der Waals surface area contributed by atoms with Crippen molar-refractivity contribution in [2.24, 2.45) is 0 Å². The fourth-order valence-corrected chi connectivity index (χ4v) is 3.91. The Hall–Kier alpha value is -0.680. The molecule has 2 N–H and O–H groups in total. The second-order valence-corrected chi connectivity index (χ2v) is 5.94. The number of fused-ring (bicyclic) bond motifs is 1. The second-order valence-electron chi connectivity index (χ2n) is 4.14. The SMILES string of the molecule is OC(c1sccc1Br)C1NCc2ccccc21. The molecule has 1 aliphatic rings. The minimum absolute atomic E-state index is 0.00106. The van der Waals surface area contributed by atoms with Gasteiger partial charge in [0.15, 0.2) is 0 Å². The van der Waals surface area contributed by atoms with Crippen LogP contribution in [0.5, 0.6) is 0 Å². The summed E-state index contributed by atoms with van der Waals surface area (Å²) >= 11 is 5.06. The van der Waals surface area contributed by atoms with Crippen LogP contribution in [0.2, 0.25) is 0 Å². The van der Waals surface area contributed by atoms with E-state index in [-0.39, 0.29) is 6.04 Å². The van der Waals surface area contributed by atoms with Crippen LogP contribution in [0.25, 0.3) is 0 Å². The lowest BCUT2D eigenvalue weighted by Crippen LogP contribution is -2.19. The zero-order valence-electron chi connectivity index (χ0n) is 9.06. The summed E-state index contributed by atoms with van der Waals surface area (Å²) in [6.45, 7) is 0.834. The van der Waals surface area contributed by atoms with E-state index in [9.17, 15) is 5.11 Å². The fourth-order valence-electron chi connectivity index (χ4n) is 2.28. The zero-order chi connectivity index (χ0) is 11.8. The Morgan fingerprint density at radius 1 is 1.35 bits per heavy atom. The lowest BCUT2D eigenvalue weighted by Gasteiger charge is -2.19. The average Bonchev–Trinajstić information content (AvgIpc) is 2.94. The normalized spacial score (nSPS) is 20.2. The molecule has 2 aromatic rings. The Kier molecular flexibility index (Phi) is 3.04. The summed E-state index contributed by atoms with van der Waals surface area (Å²) in [4.78, 5) is 0.985. The molecule has 0 spiro atoms. The molecule has 2 heterocycles. The van der Waals surface area contributed by atoms with Gasteiger partial charge in [0.1, 0.15) is 6.10 Å². The maximum absolute atomic E-state index is 10.5. The highest BCUT2D eigenvalue weighted by Crippen LogP contribution is 2.39. The van der Waals surface area contributed by atoms with Gasteiger partial charge in [-0.15, -0.1) is 11.3 Å². The summed E-state index contributed by atoms with van der Waals surface area (Å²) < 4.78 is 0.987. The highest BCUT2D eigenvalue weighted by molar-refractivity contribution is 9.10. The monoisotopic (exact) mass is 309 g/mol. The lowest BCUT2D eigenvalue weighted by atomic mass is 10.00. The highest BCUT2D eigenvalue weighted by atomic mass is 79.9. The molecule has 2 unspecified atom stereocenters. The van der Waals surface area contributed by atoms with Gasteiger partial charge in [0, 0.05) is 15.9 Å². The number of aliphatic hydroxyl groups is 1. The summed E-state index contributed by atoms with van der Waals surface area (Å²) in [6, 6.07) is 10.2. The predicted molar refractivity (Wildman–Crippen MR) is 73.0 cm³/mol. The first-order valence-corrected chi connectivity index (χ1v) is 7.17. The lowest BCUT2D eigenvalue weighted by molar-refractivity contribution is 0.136. The van der Waals surface area contributed by atoms with E-state index in [1.54, 1.807) is 11.3 Å². The molecule has 4 heteroatoms. The predicted octanol–water partition coefficient (Wildman–Crippen LogP) is 3.39. The van der Waals surface area contributed by atoms with Gasteiger partial charge in [-0.1, -0.05) is 24.3 Å². The molecule has 0 saturated heterocycles. The minimum Gasteiger partial charge on any atom is -0.386 e. The van der Waals surface area contributed by atoms with Gasteiger partial charge in [-0.3, -0.25) is 0 Å². The summed E-state index contributed by atoms with van der Waals surface area (Å²) in [6.07, 6.45) is -0.493. The van der Waals surface area contributed by atoms with Gasteiger partial charge in [0.05, 0.1) is 6.04 Å². The Balaban J connectivity index is 1.95.